The van der Waals surface area contributed by atoms with Crippen molar-refractivity contribution in [1.82, 2.24) is 4.98 Å². The van der Waals surface area contributed by atoms with Gasteiger partial charge in [0.2, 0.25) is 12.7 Å². The Morgan fingerprint density at radius 3 is 2.64 bits per heavy atom. The molecule has 3 heterocycles. The molecule has 1 aromatic carbocycles. The molecule has 0 unspecified atom stereocenters. The first-order valence-electron chi connectivity index (χ1n) is 8.29. The van der Waals surface area contributed by atoms with Gasteiger partial charge in [0.05, 0.1) is 11.9 Å². The second kappa shape index (κ2) is 6.98. The fourth-order valence-corrected chi connectivity index (χ4v) is 2.87. The van der Waals surface area contributed by atoms with Gasteiger partial charge in [-0.3, -0.25) is 4.79 Å². The largest absolute Gasteiger partial charge is 0.454 e. The van der Waals surface area contributed by atoms with Crippen molar-refractivity contribution in [1.29, 1.82) is 0 Å². The van der Waals surface area contributed by atoms with E-state index in [4.69, 9.17) is 14.2 Å². The minimum atomic E-state index is 0.00184. The zero-order chi connectivity index (χ0) is 17.1. The first-order valence-corrected chi connectivity index (χ1v) is 8.29. The highest BCUT2D eigenvalue weighted by atomic mass is 16.7. The van der Waals surface area contributed by atoms with Crippen LogP contribution in [0.5, 0.6) is 11.5 Å². The Kier molecular flexibility index (Phi) is 4.39. The van der Waals surface area contributed by atoms with Gasteiger partial charge in [-0.05, 0) is 37.1 Å². The van der Waals surface area contributed by atoms with Crippen LogP contribution in [0.1, 0.15) is 12.8 Å². The van der Waals surface area contributed by atoms with E-state index in [1.807, 2.05) is 24.3 Å². The maximum atomic E-state index is 12.2. The number of hydrogen-bond acceptors (Lipinski definition) is 6. The Bertz CT molecular complexity index is 757. The van der Waals surface area contributed by atoms with E-state index in [-0.39, 0.29) is 18.6 Å². The molecule has 0 radical (unpaired) electrons. The number of nitrogens with zero attached hydrogens (tertiary/aromatic N) is 1. The minimum absolute atomic E-state index is 0.00184. The first-order chi connectivity index (χ1) is 12.3. The summed E-state index contributed by atoms with van der Waals surface area (Å²) in [5.41, 5.74) is 1.70. The zero-order valence-electron chi connectivity index (χ0n) is 13.7. The number of carbonyl (C=O) groups excluding carboxylic acids is 1. The van der Waals surface area contributed by atoms with Gasteiger partial charge in [0.1, 0.15) is 5.82 Å². The fourth-order valence-electron chi connectivity index (χ4n) is 2.87. The van der Waals surface area contributed by atoms with Gasteiger partial charge >= 0.3 is 0 Å². The third-order valence-corrected chi connectivity index (χ3v) is 4.27. The van der Waals surface area contributed by atoms with Crippen molar-refractivity contribution in [3.8, 4) is 11.5 Å². The average molecular weight is 341 g/mol. The van der Waals surface area contributed by atoms with Gasteiger partial charge < -0.3 is 24.8 Å². The topological polar surface area (TPSA) is 81.7 Å². The van der Waals surface area contributed by atoms with Crippen LogP contribution in [0.2, 0.25) is 0 Å². The van der Waals surface area contributed by atoms with Crippen LogP contribution in [0.25, 0.3) is 0 Å². The molecular weight excluding hydrogens is 322 g/mol. The van der Waals surface area contributed by atoms with Crippen molar-refractivity contribution < 1.29 is 19.0 Å². The number of ether oxygens (including phenoxy) is 3. The highest BCUT2D eigenvalue weighted by molar-refractivity contribution is 5.91. The lowest BCUT2D eigenvalue weighted by atomic mass is 9.99. The summed E-state index contributed by atoms with van der Waals surface area (Å²) in [6, 6.07) is 9.31. The molecule has 0 atom stereocenters. The number of carbonyl (C=O) groups is 1. The summed E-state index contributed by atoms with van der Waals surface area (Å²) < 4.78 is 15.9. The third kappa shape index (κ3) is 3.66. The van der Waals surface area contributed by atoms with E-state index in [1.165, 1.54) is 0 Å². The number of rotatable bonds is 4. The van der Waals surface area contributed by atoms with Crippen LogP contribution < -0.4 is 20.1 Å². The molecule has 1 amide bonds. The van der Waals surface area contributed by atoms with Crippen molar-refractivity contribution >= 4 is 23.1 Å². The van der Waals surface area contributed by atoms with Gasteiger partial charge in [-0.15, -0.1) is 0 Å². The monoisotopic (exact) mass is 341 g/mol. The number of benzene rings is 1. The van der Waals surface area contributed by atoms with Crippen molar-refractivity contribution in [3.63, 3.8) is 0 Å². The molecule has 130 valence electrons. The van der Waals surface area contributed by atoms with Crippen LogP contribution in [-0.4, -0.2) is 30.9 Å². The molecule has 2 aromatic rings. The van der Waals surface area contributed by atoms with Crippen molar-refractivity contribution in [3.05, 3.63) is 36.5 Å². The van der Waals surface area contributed by atoms with E-state index < -0.39 is 0 Å². The standard InChI is InChI=1S/C18H19N3O4/c22-18(12-5-7-23-8-6-12)21-17-4-2-14(10-19-17)20-13-1-3-15-16(9-13)25-11-24-15/h1-4,9-10,12,20H,5-8,11H2,(H,19,21,22). The smallest absolute Gasteiger partial charge is 0.231 e. The Balaban J connectivity index is 1.37. The lowest BCUT2D eigenvalue weighted by Gasteiger charge is -2.20. The molecule has 0 spiro atoms. The number of nitrogens with one attached hydrogen (secondary N) is 2. The quantitative estimate of drug-likeness (QED) is 0.890. The molecule has 1 saturated heterocycles. The highest BCUT2D eigenvalue weighted by Gasteiger charge is 2.21. The second-order valence-corrected chi connectivity index (χ2v) is 6.00. The summed E-state index contributed by atoms with van der Waals surface area (Å²) in [6.45, 7) is 1.54. The third-order valence-electron chi connectivity index (χ3n) is 4.27. The fraction of sp³-hybridized carbons (Fsp3) is 0.333. The Hall–Kier alpha value is -2.80. The summed E-state index contributed by atoms with van der Waals surface area (Å²) in [7, 11) is 0. The van der Waals surface area contributed by atoms with E-state index in [2.05, 4.69) is 15.6 Å². The van der Waals surface area contributed by atoms with E-state index in [1.54, 1.807) is 12.3 Å². The van der Waals surface area contributed by atoms with E-state index in [9.17, 15) is 4.79 Å². The molecule has 0 aliphatic carbocycles. The van der Waals surface area contributed by atoms with Crippen molar-refractivity contribution in [2.75, 3.05) is 30.6 Å². The Labute approximate surface area is 145 Å². The van der Waals surface area contributed by atoms with Crippen molar-refractivity contribution in [2.45, 2.75) is 12.8 Å². The SMILES string of the molecule is O=C(Nc1ccc(Nc2ccc3c(c2)OCO3)cn1)C1CCOCC1. The molecule has 2 aliphatic rings. The lowest BCUT2D eigenvalue weighted by molar-refractivity contribution is -0.122. The Morgan fingerprint density at radius 1 is 1.04 bits per heavy atom. The summed E-state index contributed by atoms with van der Waals surface area (Å²) in [5, 5.41) is 6.12. The first kappa shape index (κ1) is 15.7. The summed E-state index contributed by atoms with van der Waals surface area (Å²) in [5.74, 6) is 2.02. The van der Waals surface area contributed by atoms with Gasteiger partial charge in [0.25, 0.3) is 0 Å². The normalized spacial score (nSPS) is 16.5. The number of aromatic nitrogens is 1. The zero-order valence-corrected chi connectivity index (χ0v) is 13.7. The summed E-state index contributed by atoms with van der Waals surface area (Å²) >= 11 is 0. The average Bonchev–Trinajstić information content (AvgIpc) is 3.12. The number of fused-ring (bicyclic) bond motifs is 1. The van der Waals surface area contributed by atoms with E-state index in [0.717, 1.165) is 35.7 Å². The number of amides is 1. The Morgan fingerprint density at radius 2 is 1.84 bits per heavy atom. The molecule has 2 aliphatic heterocycles. The van der Waals surface area contributed by atoms with Crippen LogP contribution in [0.4, 0.5) is 17.2 Å². The molecule has 1 fully saturated rings. The predicted molar refractivity (Wildman–Crippen MR) is 92.3 cm³/mol. The van der Waals surface area contributed by atoms with Gasteiger partial charge in [-0.1, -0.05) is 0 Å². The number of anilines is 3. The molecule has 1 aromatic heterocycles. The lowest BCUT2D eigenvalue weighted by Crippen LogP contribution is -2.28. The van der Waals surface area contributed by atoms with Gasteiger partial charge in [-0.2, -0.15) is 0 Å². The molecule has 4 rings (SSSR count). The molecule has 7 heteroatoms. The molecule has 0 bridgehead atoms. The van der Waals surface area contributed by atoms with Gasteiger partial charge in [0, 0.05) is 30.9 Å². The van der Waals surface area contributed by atoms with Crippen LogP contribution in [0.15, 0.2) is 36.5 Å². The maximum absolute atomic E-state index is 12.2. The molecule has 0 saturated carbocycles. The van der Waals surface area contributed by atoms with Gasteiger partial charge in [-0.25, -0.2) is 4.98 Å². The summed E-state index contributed by atoms with van der Waals surface area (Å²) in [6.07, 6.45) is 3.20. The number of hydrogen-bond donors (Lipinski definition) is 2. The molecule has 7 nitrogen and oxygen atoms in total. The van der Waals surface area contributed by atoms with E-state index >= 15 is 0 Å². The van der Waals surface area contributed by atoms with Crippen LogP contribution in [0, 0.1) is 5.92 Å². The van der Waals surface area contributed by atoms with Crippen LogP contribution in [0.3, 0.4) is 0 Å². The van der Waals surface area contributed by atoms with Crippen LogP contribution in [-0.2, 0) is 9.53 Å². The molecular formula is C18H19N3O4. The predicted octanol–water partition coefficient (Wildman–Crippen LogP) is 2.92. The minimum Gasteiger partial charge on any atom is -0.454 e. The summed E-state index contributed by atoms with van der Waals surface area (Å²) in [4.78, 5) is 16.5. The van der Waals surface area contributed by atoms with Gasteiger partial charge in [0.15, 0.2) is 11.5 Å². The maximum Gasteiger partial charge on any atom is 0.231 e. The molecule has 25 heavy (non-hydrogen) atoms. The van der Waals surface area contributed by atoms with Crippen molar-refractivity contribution in [2.24, 2.45) is 5.92 Å². The number of pyridine rings is 1. The second-order valence-electron chi connectivity index (χ2n) is 6.00. The van der Waals surface area contributed by atoms with Crippen LogP contribution >= 0.6 is 0 Å². The van der Waals surface area contributed by atoms with E-state index in [0.29, 0.717) is 19.0 Å². The molecule has 2 N–H and O–H groups in total. The highest BCUT2D eigenvalue weighted by Crippen LogP contribution is 2.35.